The Labute approximate surface area is 241 Å². The summed E-state index contributed by atoms with van der Waals surface area (Å²) in [4.78, 5) is 51.4. The van der Waals surface area contributed by atoms with E-state index in [0.29, 0.717) is 12.8 Å². The van der Waals surface area contributed by atoms with Gasteiger partial charge in [0.1, 0.15) is 6.10 Å². The first-order valence-corrected chi connectivity index (χ1v) is 15.3. The fourth-order valence-corrected chi connectivity index (χ4v) is 5.62. The zero-order valence-electron chi connectivity index (χ0n) is 25.8. The summed E-state index contributed by atoms with van der Waals surface area (Å²) >= 11 is 0. The Hall–Kier alpha value is -2.16. The Morgan fingerprint density at radius 1 is 0.825 bits per heavy atom. The van der Waals surface area contributed by atoms with E-state index in [4.69, 9.17) is 9.47 Å². The minimum Gasteiger partial charge on any atom is -0.481 e. The van der Waals surface area contributed by atoms with Gasteiger partial charge >= 0.3 is 23.9 Å². The largest absolute Gasteiger partial charge is 0.481 e. The van der Waals surface area contributed by atoms with E-state index in [0.717, 1.165) is 25.7 Å². The van der Waals surface area contributed by atoms with Gasteiger partial charge in [-0.25, -0.2) is 0 Å². The van der Waals surface area contributed by atoms with Crippen molar-refractivity contribution < 1.29 is 38.9 Å². The molecule has 232 valence electrons. The molecule has 1 aliphatic heterocycles. The van der Waals surface area contributed by atoms with E-state index in [1.165, 1.54) is 44.9 Å². The number of carboxylic acids is 2. The van der Waals surface area contributed by atoms with Crippen molar-refractivity contribution in [2.24, 2.45) is 11.8 Å². The number of hydrogen-bond acceptors (Lipinski definition) is 7. The van der Waals surface area contributed by atoms with Crippen LogP contribution in [0.25, 0.3) is 0 Å². The van der Waals surface area contributed by atoms with Gasteiger partial charge < -0.3 is 19.7 Å². The van der Waals surface area contributed by atoms with Crippen LogP contribution in [0.2, 0.25) is 0 Å². The molecule has 1 fully saturated rings. The van der Waals surface area contributed by atoms with Gasteiger partial charge in [-0.2, -0.15) is 0 Å². The number of nitrogens with zero attached hydrogens (tertiary/aromatic N) is 1. The maximum Gasteiger partial charge on any atom is 0.310 e. The summed E-state index contributed by atoms with van der Waals surface area (Å²) in [6.45, 7) is 10.5. The minimum absolute atomic E-state index is 0.0805. The van der Waals surface area contributed by atoms with Crippen LogP contribution in [0.3, 0.4) is 0 Å². The van der Waals surface area contributed by atoms with Crippen molar-refractivity contribution in [3.8, 4) is 0 Å². The fraction of sp³-hybridized carbons (Fsp3) is 0.871. The molecule has 1 saturated heterocycles. The highest BCUT2D eigenvalue weighted by Gasteiger charge is 2.47. The number of carbonyl (C=O) groups excluding carboxylic acids is 2. The molecule has 9 heteroatoms. The van der Waals surface area contributed by atoms with Gasteiger partial charge in [0.15, 0.2) is 0 Å². The molecule has 0 aromatic heterocycles. The predicted octanol–water partition coefficient (Wildman–Crippen LogP) is 6.22. The third kappa shape index (κ3) is 12.1. The van der Waals surface area contributed by atoms with Crippen LogP contribution in [-0.4, -0.2) is 69.8 Å². The van der Waals surface area contributed by atoms with Crippen molar-refractivity contribution in [2.45, 2.75) is 148 Å². The fourth-order valence-electron chi connectivity index (χ4n) is 5.62. The minimum atomic E-state index is -1.59. The van der Waals surface area contributed by atoms with E-state index >= 15 is 0 Å². The van der Waals surface area contributed by atoms with E-state index in [2.05, 4.69) is 25.7 Å². The Kier molecular flexibility index (Phi) is 15.8. The van der Waals surface area contributed by atoms with Crippen LogP contribution < -0.4 is 0 Å². The lowest BCUT2D eigenvalue weighted by Gasteiger charge is -2.54. The summed E-state index contributed by atoms with van der Waals surface area (Å²) in [5.74, 6) is -7.42. The summed E-state index contributed by atoms with van der Waals surface area (Å²) in [6.07, 6.45) is 12.2. The van der Waals surface area contributed by atoms with Gasteiger partial charge in [-0.15, -0.1) is 0 Å². The summed E-state index contributed by atoms with van der Waals surface area (Å²) in [5, 5.41) is 19.0. The zero-order valence-corrected chi connectivity index (χ0v) is 25.8. The molecule has 0 amide bonds. The van der Waals surface area contributed by atoms with Crippen molar-refractivity contribution in [1.29, 1.82) is 0 Å². The molecule has 0 aromatic rings. The molecule has 1 aliphatic rings. The van der Waals surface area contributed by atoms with Crippen molar-refractivity contribution in [3.05, 3.63) is 0 Å². The van der Waals surface area contributed by atoms with Gasteiger partial charge in [0.2, 0.25) is 0 Å². The lowest BCUT2D eigenvalue weighted by molar-refractivity contribution is -0.174. The van der Waals surface area contributed by atoms with Crippen LogP contribution in [0.5, 0.6) is 0 Å². The number of carboxylic acid groups (broad SMARTS) is 2. The summed E-state index contributed by atoms with van der Waals surface area (Å²) < 4.78 is 11.1. The van der Waals surface area contributed by atoms with Crippen LogP contribution >= 0.6 is 0 Å². The number of esters is 2. The Morgan fingerprint density at radius 3 is 1.85 bits per heavy atom. The molecule has 3 unspecified atom stereocenters. The molecular weight excluding hydrogens is 514 g/mol. The molecule has 9 nitrogen and oxygen atoms in total. The molecule has 1 heterocycles. The molecule has 2 N–H and O–H groups in total. The zero-order chi connectivity index (χ0) is 30.3. The van der Waals surface area contributed by atoms with E-state index in [-0.39, 0.29) is 12.1 Å². The number of likely N-dealkylation sites (tertiary alicyclic amines) is 1. The third-order valence-corrected chi connectivity index (χ3v) is 8.73. The lowest BCUT2D eigenvalue weighted by Crippen LogP contribution is -2.63. The van der Waals surface area contributed by atoms with Crippen LogP contribution in [-0.2, 0) is 28.7 Å². The first kappa shape index (κ1) is 35.9. The molecule has 0 radical (unpaired) electrons. The average Bonchev–Trinajstić information content (AvgIpc) is 2.87. The van der Waals surface area contributed by atoms with Gasteiger partial charge in [0, 0.05) is 5.54 Å². The first-order chi connectivity index (χ1) is 18.7. The summed E-state index contributed by atoms with van der Waals surface area (Å²) in [6, 6.07) is 0. The van der Waals surface area contributed by atoms with Gasteiger partial charge in [0.25, 0.3) is 0 Å². The molecule has 0 aromatic carbocycles. The van der Waals surface area contributed by atoms with Crippen molar-refractivity contribution >= 4 is 23.9 Å². The highest BCUT2D eigenvalue weighted by Crippen LogP contribution is 2.39. The number of carbonyl (C=O) groups is 4. The van der Waals surface area contributed by atoms with Crippen molar-refractivity contribution in [3.63, 3.8) is 0 Å². The second-order valence-corrected chi connectivity index (χ2v) is 12.6. The molecule has 0 aliphatic carbocycles. The SMILES string of the molecule is CCCCCCCCCCCCCOC(=O)C(CC(=O)OC1CCC(C)(C)N(C)C1(C)C)C(CC(=O)O)C(=O)O. The van der Waals surface area contributed by atoms with E-state index in [1.807, 2.05) is 20.9 Å². The van der Waals surface area contributed by atoms with E-state index in [1.54, 1.807) is 0 Å². The number of likely N-dealkylation sites (N-methyl/N-ethyl adjacent to an activating group) is 1. The van der Waals surface area contributed by atoms with Crippen LogP contribution in [0.1, 0.15) is 131 Å². The van der Waals surface area contributed by atoms with Crippen LogP contribution in [0.4, 0.5) is 0 Å². The summed E-state index contributed by atoms with van der Waals surface area (Å²) in [7, 11) is 1.97. The van der Waals surface area contributed by atoms with Crippen LogP contribution in [0, 0.1) is 11.8 Å². The molecule has 0 bridgehead atoms. The topological polar surface area (TPSA) is 130 Å². The van der Waals surface area contributed by atoms with E-state index in [9.17, 15) is 29.4 Å². The van der Waals surface area contributed by atoms with Gasteiger partial charge in [-0.05, 0) is 54.0 Å². The molecule has 40 heavy (non-hydrogen) atoms. The van der Waals surface area contributed by atoms with Gasteiger partial charge in [-0.1, -0.05) is 71.1 Å². The number of hydrogen-bond donors (Lipinski definition) is 2. The Morgan fingerprint density at radius 2 is 1.35 bits per heavy atom. The van der Waals surface area contributed by atoms with Gasteiger partial charge in [0.05, 0.1) is 36.8 Å². The molecule has 0 saturated carbocycles. The second kappa shape index (κ2) is 17.6. The number of aliphatic carboxylic acids is 2. The molecular formula is C31H55NO8. The normalized spacial score (nSPS) is 19.9. The smallest absolute Gasteiger partial charge is 0.310 e. The Balaban J connectivity index is 2.65. The Bertz CT molecular complexity index is 809. The molecule has 1 rings (SSSR count). The predicted molar refractivity (Wildman–Crippen MR) is 154 cm³/mol. The highest BCUT2D eigenvalue weighted by molar-refractivity contribution is 5.87. The standard InChI is InChI=1S/C31H55NO8/c1-7-8-9-10-11-12-13-14-15-16-17-20-39-29(38)24(23(28(36)37)21-26(33)34)22-27(35)40-25-18-19-30(2,3)32(6)31(25,4)5/h23-25H,7-22H2,1-6H3,(H,33,34)(H,36,37). The summed E-state index contributed by atoms with van der Waals surface area (Å²) in [5.41, 5.74) is -0.557. The average molecular weight is 570 g/mol. The molecule has 3 atom stereocenters. The number of piperidine rings is 1. The van der Waals surface area contributed by atoms with E-state index < -0.39 is 60.2 Å². The first-order valence-electron chi connectivity index (χ1n) is 15.3. The maximum absolute atomic E-state index is 13.0. The number of ether oxygens (including phenoxy) is 2. The maximum atomic E-state index is 13.0. The lowest BCUT2D eigenvalue weighted by atomic mass is 9.78. The monoisotopic (exact) mass is 569 g/mol. The third-order valence-electron chi connectivity index (χ3n) is 8.73. The molecule has 0 spiro atoms. The van der Waals surface area contributed by atoms with Crippen molar-refractivity contribution in [2.75, 3.05) is 13.7 Å². The number of rotatable bonds is 20. The quantitative estimate of drug-likeness (QED) is 0.130. The van der Waals surface area contributed by atoms with Gasteiger partial charge in [-0.3, -0.25) is 24.1 Å². The second-order valence-electron chi connectivity index (χ2n) is 12.6. The highest BCUT2D eigenvalue weighted by atomic mass is 16.5. The number of unbranched alkanes of at least 4 members (excludes halogenated alkanes) is 10. The van der Waals surface area contributed by atoms with Crippen LogP contribution in [0.15, 0.2) is 0 Å². The van der Waals surface area contributed by atoms with Crippen molar-refractivity contribution in [1.82, 2.24) is 4.90 Å².